The van der Waals surface area contributed by atoms with Crippen LogP contribution in [-0.4, -0.2) is 59.8 Å². The quantitative estimate of drug-likeness (QED) is 0.0434. The summed E-state index contributed by atoms with van der Waals surface area (Å²) in [5.74, 6) is -0.349. The van der Waals surface area contributed by atoms with Gasteiger partial charge in [-0.05, 0) is 58.3 Å². The predicted molar refractivity (Wildman–Crippen MR) is 230 cm³/mol. The summed E-state index contributed by atoms with van der Waals surface area (Å²) in [6, 6.07) is 15.2. The Balaban J connectivity index is 0.000000849. The molecule has 0 spiro atoms. The molecule has 0 radical (unpaired) electrons. The van der Waals surface area contributed by atoms with Crippen molar-refractivity contribution in [3.8, 4) is 17.2 Å². The molecule has 0 bridgehead atoms. The van der Waals surface area contributed by atoms with Gasteiger partial charge in [0.2, 0.25) is 5.43 Å². The minimum absolute atomic E-state index is 0. The van der Waals surface area contributed by atoms with Gasteiger partial charge in [0.1, 0.15) is 24.5 Å². The van der Waals surface area contributed by atoms with Crippen LogP contribution in [0.3, 0.4) is 0 Å². The van der Waals surface area contributed by atoms with Gasteiger partial charge in [-0.2, -0.15) is 18.9 Å². The number of nitrogens with one attached hydrogen (secondary N) is 3. The largest absolute Gasteiger partial charge is 1.00 e. The van der Waals surface area contributed by atoms with Gasteiger partial charge in [0.05, 0.1) is 19.5 Å². The number of hydrogen-bond donors (Lipinski definition) is 5. The number of ether oxygens (including phenoxy) is 3. The topological polar surface area (TPSA) is 210 Å². The summed E-state index contributed by atoms with van der Waals surface area (Å²) in [6.07, 6.45) is 10.1. The number of H-pyrrole nitrogens is 1. The molecule has 1 aromatic heterocycles. The van der Waals surface area contributed by atoms with E-state index in [0.29, 0.717) is 42.3 Å². The molecule has 0 aliphatic heterocycles. The van der Waals surface area contributed by atoms with Crippen molar-refractivity contribution in [2.24, 2.45) is 0 Å². The second-order valence-corrected chi connectivity index (χ2v) is 15.1. The molecule has 1 amide bonds. The number of rotatable bonds is 16. The number of phenolic OH excluding ortho intramolecular Hbond substituents is 1. The first-order chi connectivity index (χ1) is 28.5. The fraction of sp³-hybridized carbons (Fsp3) is 0.289. The SMILES string of the molecule is [CH2-]C(=O)O.[CH2-]CC(C[CH2-])c1ccc(OCCOCCOc2cc(C(C)(C)C)c(NC(=O)c3c[nH]c4c(c3=O)=CCCC=4)cc2O)cc1.[CH2-]Nc1cc([S-](=O)=O)ccc1[C-]=O.[Li+].[Li+]. The fourth-order valence-electron chi connectivity index (χ4n) is 5.86. The molecule has 5 N–H and O–H groups in total. The first kappa shape index (κ1) is 55.2. The van der Waals surface area contributed by atoms with Crippen molar-refractivity contribution in [1.29, 1.82) is 0 Å². The molecule has 0 unspecified atom stereocenters. The van der Waals surface area contributed by atoms with Gasteiger partial charge in [0.15, 0.2) is 17.5 Å². The second-order valence-electron chi connectivity index (χ2n) is 14.2. The number of anilines is 2. The van der Waals surface area contributed by atoms with E-state index in [1.54, 1.807) is 12.4 Å². The summed E-state index contributed by atoms with van der Waals surface area (Å²) >= 11 is 0. The van der Waals surface area contributed by atoms with E-state index in [9.17, 15) is 27.9 Å². The maximum atomic E-state index is 13.2. The smallest absolute Gasteiger partial charge is 0.590 e. The summed E-state index contributed by atoms with van der Waals surface area (Å²) in [7, 11) is 1.04. The number of hydrogen-bond acceptors (Lipinski definition) is 12. The number of phenols is 1. The number of aromatic amines is 1. The molecule has 0 atom stereocenters. The number of aliphatic carboxylic acids is 1. The molecule has 0 saturated carbocycles. The molecule has 5 rings (SSSR count). The molecule has 4 aromatic rings. The van der Waals surface area contributed by atoms with Crippen molar-refractivity contribution in [3.63, 3.8) is 0 Å². The molecule has 17 heteroatoms. The van der Waals surface area contributed by atoms with E-state index in [2.05, 4.69) is 43.4 Å². The number of carbonyl (C=O) groups is 2. The molecule has 62 heavy (non-hydrogen) atoms. The third kappa shape index (κ3) is 16.8. The van der Waals surface area contributed by atoms with E-state index in [-0.39, 0.29) is 77.3 Å². The first-order valence-corrected chi connectivity index (χ1v) is 19.9. The second kappa shape index (κ2) is 27.2. The molecule has 14 nitrogen and oxygen atoms in total. The summed E-state index contributed by atoms with van der Waals surface area (Å²) in [4.78, 5) is 48.5. The van der Waals surface area contributed by atoms with Crippen LogP contribution < -0.4 is 73.8 Å². The number of fused-ring (bicyclic) bond motifs is 1. The van der Waals surface area contributed by atoms with Crippen LogP contribution in [0, 0.1) is 27.8 Å². The van der Waals surface area contributed by atoms with Gasteiger partial charge in [0.25, 0.3) is 5.91 Å². The molecule has 324 valence electrons. The Morgan fingerprint density at radius 1 is 0.919 bits per heavy atom. The number of carboxylic acid groups (broad SMARTS) is 1. The number of amides is 1. The predicted octanol–water partition coefficient (Wildman–Crippen LogP) is -0.0793. The van der Waals surface area contributed by atoms with Crippen LogP contribution in [0.1, 0.15) is 79.4 Å². The Labute approximate surface area is 388 Å². The Bertz CT molecular complexity index is 2340. The zero-order chi connectivity index (χ0) is 44.4. The number of benzene rings is 3. The van der Waals surface area contributed by atoms with Crippen LogP contribution in [0.25, 0.3) is 12.2 Å². The average molecular weight is 856 g/mol. The van der Waals surface area contributed by atoms with Crippen LogP contribution in [-0.2, 0) is 38.9 Å². The third-order valence-corrected chi connectivity index (χ3v) is 9.57. The van der Waals surface area contributed by atoms with Crippen molar-refractivity contribution in [2.45, 2.75) is 62.7 Å². The van der Waals surface area contributed by atoms with E-state index in [0.717, 1.165) is 42.3 Å². The number of pyridine rings is 1. The van der Waals surface area contributed by atoms with Gasteiger partial charge in [-0.3, -0.25) is 28.4 Å². The van der Waals surface area contributed by atoms with Crippen LogP contribution in [0.15, 0.2) is 70.5 Å². The van der Waals surface area contributed by atoms with Gasteiger partial charge in [0, 0.05) is 28.5 Å². The normalized spacial score (nSPS) is 11.3. The monoisotopic (exact) mass is 855 g/mol. The molecule has 1 aliphatic carbocycles. The van der Waals surface area contributed by atoms with Crippen molar-refractivity contribution in [2.75, 3.05) is 37.1 Å². The molecule has 0 fully saturated rings. The zero-order valence-corrected chi connectivity index (χ0v) is 36.8. The molecular formula is C45H51Li2N3O11S-4. The average Bonchev–Trinajstić information content (AvgIpc) is 3.21. The Kier molecular flexibility index (Phi) is 24.2. The fourth-order valence-corrected chi connectivity index (χ4v) is 6.25. The maximum absolute atomic E-state index is 13.2. The molecule has 3 aromatic carbocycles. The van der Waals surface area contributed by atoms with Gasteiger partial charge in [-0.25, -0.2) is 0 Å². The van der Waals surface area contributed by atoms with Crippen molar-refractivity contribution in [3.05, 3.63) is 132 Å². The van der Waals surface area contributed by atoms with Crippen LogP contribution >= 0.6 is 0 Å². The van der Waals surface area contributed by atoms with E-state index in [1.165, 1.54) is 36.0 Å². The van der Waals surface area contributed by atoms with Crippen LogP contribution in [0.2, 0.25) is 0 Å². The standard InChI is InChI=1S/C35H42N2O6.C8H6NO3S.C2H3O2.2Li/c1-6-23(7-2)24-12-14-25(15-13-24)42-18-16-41-17-19-43-32-20-28(35(3,4)5)30(21-31(32)38)37-34(40)27-22-36-29-11-9-8-10-26(29)33(27)39;1-9-8-4-7(13(11)12)3-2-6(8)5-10;1-2(3)4;;/h10-15,20-23,36,38H,1-2,6-9,16-19H2,3-5H3,(H,37,40);2-4,9H,1H2;1H2,(H,3,4);;/q-2;-3;-1;2*+1. The van der Waals surface area contributed by atoms with Gasteiger partial charge >= 0.3 is 37.7 Å². The molecule has 1 aliphatic rings. The molecule has 1 heterocycles. The summed E-state index contributed by atoms with van der Waals surface area (Å²) < 4.78 is 38.3. The zero-order valence-electron chi connectivity index (χ0n) is 36.0. The minimum atomic E-state index is -2.30. The molecule has 0 saturated heterocycles. The number of carboxylic acids is 1. The number of aromatic nitrogens is 1. The maximum Gasteiger partial charge on any atom is 1.00 e. The van der Waals surface area contributed by atoms with E-state index in [1.807, 2.05) is 57.2 Å². The number of aromatic hydroxyl groups is 1. The Morgan fingerprint density at radius 2 is 1.53 bits per heavy atom. The van der Waals surface area contributed by atoms with E-state index in [4.69, 9.17) is 24.1 Å². The van der Waals surface area contributed by atoms with Gasteiger partial charge in [-0.15, -0.1) is 22.6 Å². The number of carbonyl (C=O) groups excluding carboxylic acids is 2. The van der Waals surface area contributed by atoms with Gasteiger partial charge < -0.3 is 67.1 Å². The van der Waals surface area contributed by atoms with Crippen LogP contribution in [0.5, 0.6) is 17.2 Å². The Hall–Kier alpha value is -4.87. The van der Waals surface area contributed by atoms with Crippen molar-refractivity contribution in [1.82, 2.24) is 4.98 Å². The van der Waals surface area contributed by atoms with E-state index < -0.39 is 28.0 Å². The van der Waals surface area contributed by atoms with Gasteiger partial charge in [-0.1, -0.05) is 56.7 Å². The van der Waals surface area contributed by atoms with Crippen LogP contribution in [0.4, 0.5) is 11.4 Å². The van der Waals surface area contributed by atoms with Crippen molar-refractivity contribution >= 4 is 52.4 Å². The van der Waals surface area contributed by atoms with E-state index >= 15 is 0 Å². The Morgan fingerprint density at radius 3 is 2.10 bits per heavy atom. The summed E-state index contributed by atoms with van der Waals surface area (Å²) in [6.45, 7) is 17.8. The first-order valence-electron chi connectivity index (χ1n) is 18.9. The minimum Gasteiger partial charge on any atom is -0.590 e. The summed E-state index contributed by atoms with van der Waals surface area (Å²) in [5.41, 5.74) is 2.26. The summed E-state index contributed by atoms with van der Waals surface area (Å²) in [5, 5.41) is 24.5. The molecular weight excluding hydrogens is 804 g/mol. The third-order valence-electron chi connectivity index (χ3n) is 8.93. The van der Waals surface area contributed by atoms with Crippen molar-refractivity contribution < 1.29 is 84.9 Å².